The van der Waals surface area contributed by atoms with Gasteiger partial charge in [-0.05, 0) is 56.1 Å². The van der Waals surface area contributed by atoms with Gasteiger partial charge in [0.15, 0.2) is 11.4 Å². The summed E-state index contributed by atoms with van der Waals surface area (Å²) in [4.78, 5) is 24.6. The zero-order valence-corrected chi connectivity index (χ0v) is 16.7. The van der Waals surface area contributed by atoms with Crippen molar-refractivity contribution in [3.8, 4) is 0 Å². The van der Waals surface area contributed by atoms with E-state index in [2.05, 4.69) is 13.8 Å². The van der Waals surface area contributed by atoms with E-state index in [-0.39, 0.29) is 29.0 Å². The number of aliphatic hydroxyl groups excluding tert-OH is 1. The Bertz CT molecular complexity index is 739. The molecule has 0 aromatic rings. The summed E-state index contributed by atoms with van der Waals surface area (Å²) in [7, 11) is 2.99. The molecule has 4 rings (SSSR count). The average Bonchev–Trinajstić information content (AvgIpc) is 2.94. The summed E-state index contributed by atoms with van der Waals surface area (Å²) < 4.78 is 11.0. The molecular weight excluding hydrogens is 344 g/mol. The zero-order valence-electron chi connectivity index (χ0n) is 16.7. The fraction of sp³-hybridized carbons (Fsp3) is 0.727. The molecule has 0 aromatic heterocycles. The number of aliphatic hydroxyl groups is 1. The maximum atomic E-state index is 12.7. The van der Waals surface area contributed by atoms with Crippen molar-refractivity contribution >= 4 is 11.8 Å². The van der Waals surface area contributed by atoms with Crippen LogP contribution in [-0.4, -0.2) is 42.8 Å². The Morgan fingerprint density at radius 2 is 2.00 bits per heavy atom. The van der Waals surface area contributed by atoms with Crippen LogP contribution in [0.15, 0.2) is 23.8 Å². The first kappa shape index (κ1) is 18.9. The fourth-order valence-electron chi connectivity index (χ4n) is 7.23. The molecule has 148 valence electrons. The van der Waals surface area contributed by atoms with E-state index in [0.29, 0.717) is 18.8 Å². The quantitative estimate of drug-likeness (QED) is 0.753. The molecule has 0 spiro atoms. The largest absolute Gasteiger partial charge is 0.467 e. The van der Waals surface area contributed by atoms with Crippen LogP contribution in [0, 0.1) is 28.6 Å². The Hall–Kier alpha value is -1.46. The molecule has 0 radical (unpaired) electrons. The third kappa shape index (κ3) is 2.24. The molecule has 1 N–H and O–H groups in total. The highest BCUT2D eigenvalue weighted by Gasteiger charge is 2.69. The van der Waals surface area contributed by atoms with Crippen LogP contribution < -0.4 is 0 Å². The van der Waals surface area contributed by atoms with Crippen LogP contribution in [0.4, 0.5) is 0 Å². The van der Waals surface area contributed by atoms with Crippen LogP contribution >= 0.6 is 0 Å². The van der Waals surface area contributed by atoms with Gasteiger partial charge in [0.25, 0.3) is 0 Å². The van der Waals surface area contributed by atoms with Crippen LogP contribution in [0.5, 0.6) is 0 Å². The maximum Gasteiger partial charge on any atom is 0.338 e. The number of methoxy groups -OCH3 is 2. The number of hydrogen-bond donors (Lipinski definition) is 1. The summed E-state index contributed by atoms with van der Waals surface area (Å²) >= 11 is 0. The van der Waals surface area contributed by atoms with Crippen LogP contribution in [-0.2, 0) is 19.1 Å². The fourth-order valence-corrected chi connectivity index (χ4v) is 7.23. The third-order valence-electron chi connectivity index (χ3n) is 8.48. The molecule has 0 unspecified atom stereocenters. The van der Waals surface area contributed by atoms with Gasteiger partial charge >= 0.3 is 5.97 Å². The Balaban J connectivity index is 1.76. The number of rotatable bonds is 2. The first-order chi connectivity index (χ1) is 12.7. The lowest BCUT2D eigenvalue weighted by molar-refractivity contribution is -0.201. The summed E-state index contributed by atoms with van der Waals surface area (Å²) in [5.74, 6) is 0.354. The molecule has 4 aliphatic carbocycles. The van der Waals surface area contributed by atoms with E-state index >= 15 is 0 Å². The van der Waals surface area contributed by atoms with E-state index in [0.717, 1.165) is 24.8 Å². The number of esters is 1. The van der Waals surface area contributed by atoms with Crippen molar-refractivity contribution < 1.29 is 24.2 Å². The number of ether oxygens (including phenoxy) is 2. The second-order valence-corrected chi connectivity index (χ2v) is 9.27. The molecule has 5 nitrogen and oxygen atoms in total. The van der Waals surface area contributed by atoms with Crippen molar-refractivity contribution in [2.75, 3.05) is 14.2 Å². The van der Waals surface area contributed by atoms with Gasteiger partial charge in [-0.3, -0.25) is 4.79 Å². The normalized spacial score (nSPS) is 48.3. The SMILES string of the molecule is COC(=O)[C@@]1(OC)CC[C@H]2[C@@H]3CCC4=CC(=O)C=C[C@]4(C)[C@H]3[C@@H](O)C[C@@]21C. The number of fused-ring (bicyclic) bond motifs is 5. The second kappa shape index (κ2) is 6.02. The molecular formula is C22H30O5. The molecule has 3 saturated carbocycles. The van der Waals surface area contributed by atoms with Crippen LogP contribution in [0.3, 0.4) is 0 Å². The van der Waals surface area contributed by atoms with Crippen LogP contribution in [0.2, 0.25) is 0 Å². The first-order valence-electron chi connectivity index (χ1n) is 9.99. The van der Waals surface area contributed by atoms with Gasteiger partial charge in [0.2, 0.25) is 0 Å². The first-order valence-corrected chi connectivity index (χ1v) is 9.99. The minimum atomic E-state index is -0.992. The van der Waals surface area contributed by atoms with Crippen LogP contribution in [0.25, 0.3) is 0 Å². The maximum absolute atomic E-state index is 12.7. The van der Waals surface area contributed by atoms with Gasteiger partial charge < -0.3 is 14.6 Å². The van der Waals surface area contributed by atoms with E-state index in [9.17, 15) is 14.7 Å². The van der Waals surface area contributed by atoms with Crippen LogP contribution in [0.1, 0.15) is 46.0 Å². The lowest BCUT2D eigenvalue weighted by Gasteiger charge is -2.59. The smallest absolute Gasteiger partial charge is 0.338 e. The minimum Gasteiger partial charge on any atom is -0.467 e. The molecule has 0 amide bonds. The molecule has 0 heterocycles. The molecule has 0 aromatic carbocycles. The second-order valence-electron chi connectivity index (χ2n) is 9.27. The van der Waals surface area contributed by atoms with E-state index in [1.165, 1.54) is 7.11 Å². The van der Waals surface area contributed by atoms with E-state index in [4.69, 9.17) is 9.47 Å². The predicted octanol–water partition coefficient (Wildman–Crippen LogP) is 2.82. The number of allylic oxidation sites excluding steroid dienone is 4. The molecule has 5 heteroatoms. The molecule has 7 atom stereocenters. The zero-order chi connectivity index (χ0) is 19.6. The summed E-state index contributed by atoms with van der Waals surface area (Å²) in [5, 5.41) is 11.3. The van der Waals surface area contributed by atoms with Gasteiger partial charge in [0.1, 0.15) is 0 Å². The molecule has 27 heavy (non-hydrogen) atoms. The summed E-state index contributed by atoms with van der Waals surface area (Å²) in [5.41, 5.74) is -0.598. The van der Waals surface area contributed by atoms with E-state index in [1.54, 1.807) is 19.3 Å². The van der Waals surface area contributed by atoms with Gasteiger partial charge in [-0.25, -0.2) is 4.79 Å². The highest BCUT2D eigenvalue weighted by molar-refractivity contribution is 6.01. The van der Waals surface area contributed by atoms with Gasteiger partial charge in [-0.2, -0.15) is 0 Å². The summed E-state index contributed by atoms with van der Waals surface area (Å²) in [6, 6.07) is 0. The monoisotopic (exact) mass is 374 g/mol. The van der Waals surface area contributed by atoms with Crippen molar-refractivity contribution in [2.45, 2.75) is 57.7 Å². The molecule has 4 aliphatic rings. The Morgan fingerprint density at radius 1 is 1.26 bits per heavy atom. The topological polar surface area (TPSA) is 72.8 Å². The summed E-state index contributed by atoms with van der Waals surface area (Å²) in [6.07, 6.45) is 8.69. The number of carbonyl (C=O) groups excluding carboxylic acids is 2. The van der Waals surface area contributed by atoms with Gasteiger partial charge in [0, 0.05) is 23.9 Å². The minimum absolute atomic E-state index is 0.0426. The Morgan fingerprint density at radius 3 is 2.67 bits per heavy atom. The van der Waals surface area contributed by atoms with E-state index < -0.39 is 17.1 Å². The number of hydrogen-bond acceptors (Lipinski definition) is 5. The van der Waals surface area contributed by atoms with Gasteiger partial charge in [0.05, 0.1) is 13.2 Å². The highest BCUT2D eigenvalue weighted by Crippen LogP contribution is 2.67. The lowest BCUT2D eigenvalue weighted by atomic mass is 9.46. The van der Waals surface area contributed by atoms with Gasteiger partial charge in [-0.15, -0.1) is 0 Å². The third-order valence-corrected chi connectivity index (χ3v) is 8.48. The van der Waals surface area contributed by atoms with Gasteiger partial charge in [-0.1, -0.05) is 25.5 Å². The van der Waals surface area contributed by atoms with Crippen molar-refractivity contribution in [3.05, 3.63) is 23.8 Å². The number of ketones is 1. The van der Waals surface area contributed by atoms with Crippen molar-refractivity contribution in [3.63, 3.8) is 0 Å². The average molecular weight is 374 g/mol. The molecule has 0 saturated heterocycles. The summed E-state index contributed by atoms with van der Waals surface area (Å²) in [6.45, 7) is 4.25. The Labute approximate surface area is 160 Å². The Kier molecular flexibility index (Phi) is 4.21. The highest BCUT2D eigenvalue weighted by atomic mass is 16.6. The van der Waals surface area contributed by atoms with Crippen molar-refractivity contribution in [2.24, 2.45) is 28.6 Å². The number of carbonyl (C=O) groups is 2. The molecule has 0 bridgehead atoms. The standard InChI is InChI=1S/C22H30O5/c1-20-9-7-14(23)11-13(20)5-6-15-16-8-10-22(27-4,19(25)26-3)21(16,2)12-17(24)18(15)20/h7,9,11,15-18,24H,5-6,8,10,12H2,1-4H3/t15-,16-,17-,18+,20-,21-,22-/m0/s1. The van der Waals surface area contributed by atoms with E-state index in [1.807, 2.05) is 6.08 Å². The predicted molar refractivity (Wildman–Crippen MR) is 99.8 cm³/mol. The lowest BCUT2D eigenvalue weighted by Crippen LogP contribution is -2.62. The molecule has 0 aliphatic heterocycles. The van der Waals surface area contributed by atoms with Crippen molar-refractivity contribution in [1.82, 2.24) is 0 Å². The van der Waals surface area contributed by atoms with Crippen molar-refractivity contribution in [1.29, 1.82) is 0 Å². The molecule has 3 fully saturated rings.